The number of fused-ring (bicyclic) bond motifs is 11. The van der Waals surface area contributed by atoms with E-state index in [1.54, 1.807) is 0 Å². The van der Waals surface area contributed by atoms with E-state index in [4.69, 9.17) is 4.42 Å². The Morgan fingerprint density at radius 2 is 1.08 bits per heavy atom. The fourth-order valence-corrected chi connectivity index (χ4v) is 18.1. The van der Waals surface area contributed by atoms with Crippen molar-refractivity contribution in [3.8, 4) is 27.9 Å². The standard InChI is InChI=1S/C57H39NOSSi/c1-57(2)47-19-7-3-14-41(47)42-32-31-39(35-48(42)57)61(38-29-27-37(28-30-38)58-49-20-8-4-15-43(49)44-16-5-9-21-50(44)58)54-24-12-11-23-53(54)60-56-40(18-13-25-55(56)61)36-26-33-52-46(34-36)45-17-6-10-22-51(45)59-52/h3-35H,1-2H3. The summed E-state index contributed by atoms with van der Waals surface area (Å²) in [5, 5.41) is 10.5. The van der Waals surface area contributed by atoms with Crippen LogP contribution in [0.4, 0.5) is 0 Å². The van der Waals surface area contributed by atoms with Crippen LogP contribution in [0.5, 0.6) is 0 Å². The third-order valence-corrected chi connectivity index (χ3v) is 20.2. The van der Waals surface area contributed by atoms with E-state index in [2.05, 4.69) is 213 Å². The third-order valence-electron chi connectivity index (χ3n) is 13.8. The molecule has 3 heterocycles. The maximum atomic E-state index is 6.31. The number of nitrogens with zero attached hydrogens (tertiary/aromatic N) is 1. The molecule has 0 bridgehead atoms. The van der Waals surface area contributed by atoms with Gasteiger partial charge in [0.1, 0.15) is 11.2 Å². The predicted molar refractivity (Wildman–Crippen MR) is 259 cm³/mol. The molecule has 0 N–H and O–H groups in total. The van der Waals surface area contributed by atoms with E-state index in [9.17, 15) is 0 Å². The third kappa shape index (κ3) is 4.80. The molecule has 9 aromatic carbocycles. The summed E-state index contributed by atoms with van der Waals surface area (Å²) in [7, 11) is -3.00. The Balaban J connectivity index is 1.09. The smallest absolute Gasteiger partial charge is 0.181 e. The largest absolute Gasteiger partial charge is 0.456 e. The number of benzene rings is 9. The second-order valence-electron chi connectivity index (χ2n) is 17.2. The van der Waals surface area contributed by atoms with Crippen LogP contribution >= 0.6 is 11.8 Å². The summed E-state index contributed by atoms with van der Waals surface area (Å²) < 4.78 is 8.75. The lowest BCUT2D eigenvalue weighted by Crippen LogP contribution is -2.76. The number of furan rings is 1. The molecule has 61 heavy (non-hydrogen) atoms. The summed E-state index contributed by atoms with van der Waals surface area (Å²) in [5.74, 6) is 0. The molecule has 13 rings (SSSR count). The molecule has 0 radical (unpaired) electrons. The quantitative estimate of drug-likeness (QED) is 0.165. The second kappa shape index (κ2) is 12.8. The van der Waals surface area contributed by atoms with Gasteiger partial charge in [-0.15, -0.1) is 0 Å². The minimum atomic E-state index is -3.00. The molecule has 1 aliphatic heterocycles. The Labute approximate surface area is 359 Å². The highest BCUT2D eigenvalue weighted by molar-refractivity contribution is 8.00. The number of para-hydroxylation sites is 3. The van der Waals surface area contributed by atoms with Crippen molar-refractivity contribution in [2.45, 2.75) is 29.1 Å². The van der Waals surface area contributed by atoms with Gasteiger partial charge in [0.2, 0.25) is 0 Å². The van der Waals surface area contributed by atoms with Gasteiger partial charge in [-0.2, -0.15) is 0 Å². The van der Waals surface area contributed by atoms with E-state index in [-0.39, 0.29) is 5.41 Å². The van der Waals surface area contributed by atoms with Gasteiger partial charge in [0.15, 0.2) is 8.07 Å². The molecular formula is C57H39NOSSi. The van der Waals surface area contributed by atoms with Crippen LogP contribution in [0, 0.1) is 0 Å². The van der Waals surface area contributed by atoms with Crippen LogP contribution in [0.3, 0.4) is 0 Å². The van der Waals surface area contributed by atoms with Crippen molar-refractivity contribution < 1.29 is 4.42 Å². The van der Waals surface area contributed by atoms with E-state index >= 15 is 0 Å². The number of rotatable bonds is 4. The molecule has 0 saturated heterocycles. The molecule has 4 heteroatoms. The van der Waals surface area contributed by atoms with Crippen LogP contribution < -0.4 is 20.7 Å². The van der Waals surface area contributed by atoms with Crippen molar-refractivity contribution in [3.63, 3.8) is 0 Å². The Morgan fingerprint density at radius 1 is 0.459 bits per heavy atom. The molecule has 1 atom stereocenters. The Hall–Kier alpha value is -6.85. The lowest BCUT2D eigenvalue weighted by atomic mass is 9.82. The number of aromatic nitrogens is 1. The summed E-state index contributed by atoms with van der Waals surface area (Å²) >= 11 is 1.93. The number of hydrogen-bond donors (Lipinski definition) is 0. The first-order valence-electron chi connectivity index (χ1n) is 21.2. The first-order chi connectivity index (χ1) is 30.0. The normalized spacial score (nSPS) is 16.2. The summed E-state index contributed by atoms with van der Waals surface area (Å²) in [5.41, 5.74) is 13.3. The molecule has 0 saturated carbocycles. The highest BCUT2D eigenvalue weighted by Gasteiger charge is 2.49. The predicted octanol–water partition coefficient (Wildman–Crippen LogP) is 12.5. The average molecular weight is 814 g/mol. The lowest BCUT2D eigenvalue weighted by molar-refractivity contribution is 0.661. The molecule has 0 fully saturated rings. The SMILES string of the molecule is CC1(C)c2ccccc2-c2ccc([Si]3(c4ccc(-n5c6ccccc6c6ccccc65)cc4)c4ccccc4Sc4c(-c5ccc6oc7ccccc7c6c5)cccc43)cc21. The average Bonchev–Trinajstić information content (AvgIpc) is 3.93. The summed E-state index contributed by atoms with van der Waals surface area (Å²) in [6.45, 7) is 4.81. The minimum absolute atomic E-state index is 0.131. The first-order valence-corrected chi connectivity index (χ1v) is 24.0. The van der Waals surface area contributed by atoms with Crippen molar-refractivity contribution in [3.05, 3.63) is 211 Å². The molecule has 0 spiro atoms. The van der Waals surface area contributed by atoms with Gasteiger partial charge >= 0.3 is 0 Å². The van der Waals surface area contributed by atoms with Gasteiger partial charge in [-0.1, -0.05) is 177 Å². The zero-order chi connectivity index (χ0) is 40.5. The topological polar surface area (TPSA) is 18.1 Å². The molecule has 0 amide bonds. The maximum Gasteiger partial charge on any atom is 0.181 e. The maximum absolute atomic E-state index is 6.31. The number of hydrogen-bond acceptors (Lipinski definition) is 2. The van der Waals surface area contributed by atoms with Crippen molar-refractivity contribution in [1.29, 1.82) is 0 Å². The summed E-state index contributed by atoms with van der Waals surface area (Å²) in [6, 6.07) is 75.3. The van der Waals surface area contributed by atoms with E-state index in [0.29, 0.717) is 0 Å². The highest BCUT2D eigenvalue weighted by atomic mass is 32.2. The van der Waals surface area contributed by atoms with Gasteiger partial charge in [-0.05, 0) is 103 Å². The molecule has 2 aromatic heterocycles. The molecule has 2 aliphatic rings. The molecular weight excluding hydrogens is 775 g/mol. The summed E-state index contributed by atoms with van der Waals surface area (Å²) in [4.78, 5) is 2.67. The van der Waals surface area contributed by atoms with Crippen LogP contribution in [-0.4, -0.2) is 12.6 Å². The molecule has 288 valence electrons. The Morgan fingerprint density at radius 3 is 1.90 bits per heavy atom. The van der Waals surface area contributed by atoms with E-state index in [1.165, 1.54) is 91.4 Å². The second-order valence-corrected chi connectivity index (χ2v) is 22.0. The van der Waals surface area contributed by atoms with Crippen LogP contribution in [0.15, 0.2) is 214 Å². The van der Waals surface area contributed by atoms with E-state index in [0.717, 1.165) is 21.9 Å². The fourth-order valence-electron chi connectivity index (χ4n) is 11.0. The molecule has 2 nitrogen and oxygen atoms in total. The van der Waals surface area contributed by atoms with Crippen molar-refractivity contribution >= 4 is 84.3 Å². The van der Waals surface area contributed by atoms with E-state index < -0.39 is 8.07 Å². The van der Waals surface area contributed by atoms with Gasteiger partial charge < -0.3 is 8.98 Å². The summed E-state index contributed by atoms with van der Waals surface area (Å²) in [6.07, 6.45) is 0. The van der Waals surface area contributed by atoms with Gasteiger partial charge in [-0.3, -0.25) is 0 Å². The monoisotopic (exact) mass is 813 g/mol. The van der Waals surface area contributed by atoms with Crippen LogP contribution in [0.2, 0.25) is 0 Å². The van der Waals surface area contributed by atoms with Crippen LogP contribution in [0.25, 0.3) is 71.7 Å². The molecule has 1 unspecified atom stereocenters. The van der Waals surface area contributed by atoms with Crippen molar-refractivity contribution in [2.24, 2.45) is 0 Å². The Bertz CT molecular complexity index is 3560. The minimum Gasteiger partial charge on any atom is -0.456 e. The van der Waals surface area contributed by atoms with Crippen molar-refractivity contribution in [2.75, 3.05) is 0 Å². The van der Waals surface area contributed by atoms with Gasteiger partial charge in [0, 0.05) is 42.4 Å². The Kier molecular flexibility index (Phi) is 7.35. The molecule has 1 aliphatic carbocycles. The highest BCUT2D eigenvalue weighted by Crippen LogP contribution is 2.49. The fraction of sp³-hybridized carbons (Fsp3) is 0.0526. The van der Waals surface area contributed by atoms with Crippen LogP contribution in [0.1, 0.15) is 25.0 Å². The first kappa shape index (κ1) is 35.0. The zero-order valence-corrected chi connectivity index (χ0v) is 35.6. The molecule has 11 aromatic rings. The van der Waals surface area contributed by atoms with Gasteiger partial charge in [0.25, 0.3) is 0 Å². The van der Waals surface area contributed by atoms with Gasteiger partial charge in [0.05, 0.1) is 11.0 Å². The zero-order valence-electron chi connectivity index (χ0n) is 33.8. The van der Waals surface area contributed by atoms with Crippen LogP contribution in [-0.2, 0) is 5.41 Å². The van der Waals surface area contributed by atoms with Gasteiger partial charge in [-0.25, -0.2) is 0 Å². The lowest BCUT2D eigenvalue weighted by Gasteiger charge is -2.41. The van der Waals surface area contributed by atoms with E-state index in [1.807, 2.05) is 17.8 Å². The van der Waals surface area contributed by atoms with Crippen molar-refractivity contribution in [1.82, 2.24) is 4.57 Å².